The molecule has 0 aliphatic rings. The van der Waals surface area contributed by atoms with Gasteiger partial charge in [-0.2, -0.15) is 0 Å². The molecule has 1 N–H and O–H groups in total. The van der Waals surface area contributed by atoms with Gasteiger partial charge in [-0.3, -0.25) is 4.98 Å². The molecule has 1 aromatic carbocycles. The molecule has 20 heavy (non-hydrogen) atoms. The van der Waals surface area contributed by atoms with Crippen LogP contribution in [0.3, 0.4) is 0 Å². The Morgan fingerprint density at radius 3 is 2.80 bits per heavy atom. The van der Waals surface area contributed by atoms with Crippen LogP contribution in [0, 0.1) is 0 Å². The third-order valence-corrected chi connectivity index (χ3v) is 3.03. The minimum absolute atomic E-state index is 0.457. The van der Waals surface area contributed by atoms with E-state index in [1.165, 1.54) is 0 Å². The van der Waals surface area contributed by atoms with Crippen molar-refractivity contribution in [2.45, 2.75) is 13.1 Å². The summed E-state index contributed by atoms with van der Waals surface area (Å²) in [5.41, 5.74) is 2.27. The van der Waals surface area contributed by atoms with E-state index in [4.69, 9.17) is 16.3 Å². The molecule has 0 radical (unpaired) electrons. The minimum Gasteiger partial charge on any atom is -0.488 e. The van der Waals surface area contributed by atoms with Gasteiger partial charge in [0.1, 0.15) is 12.4 Å². The summed E-state index contributed by atoms with van der Waals surface area (Å²) < 4.78 is 5.44. The van der Waals surface area contributed by atoms with Crippen LogP contribution in [-0.4, -0.2) is 11.6 Å². The molecule has 0 fully saturated rings. The van der Waals surface area contributed by atoms with Gasteiger partial charge < -0.3 is 10.1 Å². The van der Waals surface area contributed by atoms with Crippen molar-refractivity contribution >= 4 is 11.6 Å². The average molecular weight is 289 g/mol. The maximum absolute atomic E-state index is 6.16. The van der Waals surface area contributed by atoms with Crippen molar-refractivity contribution in [3.8, 4) is 5.75 Å². The molecule has 104 valence electrons. The number of benzene rings is 1. The first-order valence-electron chi connectivity index (χ1n) is 6.41. The second-order valence-electron chi connectivity index (χ2n) is 4.33. The molecule has 0 atom stereocenters. The number of nitrogens with zero attached hydrogens (tertiary/aromatic N) is 1. The Morgan fingerprint density at radius 2 is 2.10 bits per heavy atom. The van der Waals surface area contributed by atoms with Gasteiger partial charge >= 0.3 is 0 Å². The summed E-state index contributed by atoms with van der Waals surface area (Å²) in [5.74, 6) is 0.683. The van der Waals surface area contributed by atoms with Crippen LogP contribution in [0.5, 0.6) is 5.75 Å². The molecule has 4 heteroatoms. The Bertz CT molecular complexity index is 558. The van der Waals surface area contributed by atoms with E-state index in [1.807, 2.05) is 36.5 Å². The minimum atomic E-state index is 0.457. The maximum Gasteiger partial charge on any atom is 0.138 e. The Kier molecular flexibility index (Phi) is 5.59. The van der Waals surface area contributed by atoms with Gasteiger partial charge in [0, 0.05) is 25.5 Å². The van der Waals surface area contributed by atoms with Crippen molar-refractivity contribution in [2.75, 3.05) is 6.61 Å². The second kappa shape index (κ2) is 7.68. The van der Waals surface area contributed by atoms with Gasteiger partial charge in [0.15, 0.2) is 0 Å². The number of ether oxygens (including phenoxy) is 1. The SMILES string of the molecule is C=CCOc1ccc(CNCc2cccnc2)cc1Cl. The lowest BCUT2D eigenvalue weighted by Gasteiger charge is -2.09. The molecule has 1 aromatic heterocycles. The lowest BCUT2D eigenvalue weighted by Crippen LogP contribution is -2.12. The van der Waals surface area contributed by atoms with E-state index >= 15 is 0 Å². The summed E-state index contributed by atoms with van der Waals surface area (Å²) in [6.07, 6.45) is 5.32. The number of pyridine rings is 1. The first-order valence-corrected chi connectivity index (χ1v) is 6.79. The smallest absolute Gasteiger partial charge is 0.138 e. The zero-order chi connectivity index (χ0) is 14.2. The van der Waals surface area contributed by atoms with E-state index in [-0.39, 0.29) is 0 Å². The van der Waals surface area contributed by atoms with Crippen LogP contribution in [0.15, 0.2) is 55.4 Å². The molecule has 0 aliphatic heterocycles. The van der Waals surface area contributed by atoms with E-state index < -0.39 is 0 Å². The third-order valence-electron chi connectivity index (χ3n) is 2.73. The highest BCUT2D eigenvalue weighted by atomic mass is 35.5. The van der Waals surface area contributed by atoms with E-state index in [1.54, 1.807) is 12.3 Å². The number of hydrogen-bond acceptors (Lipinski definition) is 3. The molecule has 0 amide bonds. The highest BCUT2D eigenvalue weighted by molar-refractivity contribution is 6.32. The Morgan fingerprint density at radius 1 is 1.25 bits per heavy atom. The number of hydrogen-bond donors (Lipinski definition) is 1. The fourth-order valence-corrected chi connectivity index (χ4v) is 2.03. The molecule has 2 aromatic rings. The number of rotatable bonds is 7. The van der Waals surface area contributed by atoms with Gasteiger partial charge in [0.25, 0.3) is 0 Å². The summed E-state index contributed by atoms with van der Waals surface area (Å²) in [6.45, 7) is 5.59. The Labute approximate surface area is 124 Å². The van der Waals surface area contributed by atoms with Crippen molar-refractivity contribution in [1.82, 2.24) is 10.3 Å². The Hall–Kier alpha value is -1.84. The van der Waals surface area contributed by atoms with Crippen LogP contribution >= 0.6 is 11.6 Å². The van der Waals surface area contributed by atoms with Gasteiger partial charge in [-0.15, -0.1) is 0 Å². The van der Waals surface area contributed by atoms with E-state index in [9.17, 15) is 0 Å². The predicted molar refractivity (Wildman–Crippen MR) is 81.9 cm³/mol. The monoisotopic (exact) mass is 288 g/mol. The van der Waals surface area contributed by atoms with Crippen LogP contribution < -0.4 is 10.1 Å². The molecule has 0 saturated carbocycles. The van der Waals surface area contributed by atoms with Crippen LogP contribution in [0.25, 0.3) is 0 Å². The largest absolute Gasteiger partial charge is 0.488 e. The van der Waals surface area contributed by atoms with Gasteiger partial charge in [0.2, 0.25) is 0 Å². The fraction of sp³-hybridized carbons (Fsp3) is 0.188. The van der Waals surface area contributed by atoms with Crippen molar-refractivity contribution in [2.24, 2.45) is 0 Å². The van der Waals surface area contributed by atoms with E-state index in [0.717, 1.165) is 24.2 Å². The lowest BCUT2D eigenvalue weighted by molar-refractivity contribution is 0.363. The first-order chi connectivity index (χ1) is 9.79. The molecule has 3 nitrogen and oxygen atoms in total. The highest BCUT2D eigenvalue weighted by Gasteiger charge is 2.02. The zero-order valence-corrected chi connectivity index (χ0v) is 11.9. The summed E-state index contributed by atoms with van der Waals surface area (Å²) in [4.78, 5) is 4.08. The summed E-state index contributed by atoms with van der Waals surface area (Å²) >= 11 is 6.16. The molecule has 2 rings (SSSR count). The van der Waals surface area contributed by atoms with E-state index in [0.29, 0.717) is 17.4 Å². The molecular formula is C16H17ClN2O. The second-order valence-corrected chi connectivity index (χ2v) is 4.74. The van der Waals surface area contributed by atoms with Gasteiger partial charge in [-0.05, 0) is 29.3 Å². The molecule has 0 bridgehead atoms. The van der Waals surface area contributed by atoms with Gasteiger partial charge in [-0.25, -0.2) is 0 Å². The maximum atomic E-state index is 6.16. The number of halogens is 1. The van der Waals surface area contributed by atoms with Gasteiger partial charge in [0.05, 0.1) is 5.02 Å². The Balaban J connectivity index is 1.87. The molecular weight excluding hydrogens is 272 g/mol. The van der Waals surface area contributed by atoms with Crippen LogP contribution in [0.4, 0.5) is 0 Å². The van der Waals surface area contributed by atoms with Crippen LogP contribution in [-0.2, 0) is 13.1 Å². The van der Waals surface area contributed by atoms with Crippen molar-refractivity contribution < 1.29 is 4.74 Å². The third kappa shape index (κ3) is 4.37. The topological polar surface area (TPSA) is 34.1 Å². The lowest BCUT2D eigenvalue weighted by atomic mass is 10.2. The van der Waals surface area contributed by atoms with Crippen LogP contribution in [0.2, 0.25) is 5.02 Å². The fourth-order valence-electron chi connectivity index (χ4n) is 1.77. The molecule has 1 heterocycles. The zero-order valence-electron chi connectivity index (χ0n) is 11.2. The first kappa shape index (κ1) is 14.6. The predicted octanol–water partition coefficient (Wildman–Crippen LogP) is 3.59. The standard InChI is InChI=1S/C16H17ClN2O/c1-2-8-20-16-6-5-13(9-15(16)17)10-19-12-14-4-3-7-18-11-14/h2-7,9,11,19H,1,8,10,12H2. The summed E-state index contributed by atoms with van der Waals surface area (Å²) in [5, 5.41) is 3.97. The molecule has 0 aliphatic carbocycles. The highest BCUT2D eigenvalue weighted by Crippen LogP contribution is 2.25. The van der Waals surface area contributed by atoms with Gasteiger partial charge in [-0.1, -0.05) is 36.4 Å². The van der Waals surface area contributed by atoms with Crippen molar-refractivity contribution in [3.63, 3.8) is 0 Å². The molecule has 0 unspecified atom stereocenters. The van der Waals surface area contributed by atoms with E-state index in [2.05, 4.69) is 16.9 Å². The van der Waals surface area contributed by atoms with Crippen molar-refractivity contribution in [3.05, 3.63) is 71.5 Å². The summed E-state index contributed by atoms with van der Waals surface area (Å²) in [6, 6.07) is 9.77. The summed E-state index contributed by atoms with van der Waals surface area (Å²) in [7, 11) is 0. The number of nitrogens with one attached hydrogen (secondary N) is 1. The molecule has 0 spiro atoms. The molecule has 0 saturated heterocycles. The average Bonchev–Trinajstić information content (AvgIpc) is 2.47. The normalized spacial score (nSPS) is 10.2. The number of aromatic nitrogens is 1. The quantitative estimate of drug-likeness (QED) is 0.791. The van der Waals surface area contributed by atoms with Crippen molar-refractivity contribution in [1.29, 1.82) is 0 Å². The van der Waals surface area contributed by atoms with Crippen LogP contribution in [0.1, 0.15) is 11.1 Å².